The van der Waals surface area contributed by atoms with Crippen molar-refractivity contribution in [3.63, 3.8) is 0 Å². The summed E-state index contributed by atoms with van der Waals surface area (Å²) in [6.07, 6.45) is 14.2. The molecule has 0 radical (unpaired) electrons. The van der Waals surface area contributed by atoms with Crippen molar-refractivity contribution in [1.82, 2.24) is 5.32 Å². The molecule has 0 aromatic heterocycles. The van der Waals surface area contributed by atoms with Crippen LogP contribution in [0.15, 0.2) is 0 Å². The Morgan fingerprint density at radius 1 is 1.00 bits per heavy atom. The van der Waals surface area contributed by atoms with Crippen molar-refractivity contribution in [1.29, 1.82) is 0 Å². The van der Waals surface area contributed by atoms with Gasteiger partial charge in [0.15, 0.2) is 0 Å². The molecule has 0 heterocycles. The summed E-state index contributed by atoms with van der Waals surface area (Å²) >= 11 is 0. The van der Waals surface area contributed by atoms with E-state index in [4.69, 9.17) is 0 Å². The molecule has 2 nitrogen and oxygen atoms in total. The molecule has 4 fully saturated rings. The van der Waals surface area contributed by atoms with Gasteiger partial charge < -0.3 is 10.4 Å². The highest BCUT2D eigenvalue weighted by Gasteiger charge is 2.56. The Kier molecular flexibility index (Phi) is 4.95. The van der Waals surface area contributed by atoms with Gasteiger partial charge in [0.05, 0.1) is 6.10 Å². The van der Waals surface area contributed by atoms with E-state index in [-0.39, 0.29) is 11.6 Å². The number of hydrogen-bond donors (Lipinski definition) is 2. The highest BCUT2D eigenvalue weighted by Crippen LogP contribution is 2.59. The van der Waals surface area contributed by atoms with Crippen LogP contribution in [0.3, 0.4) is 0 Å². The third kappa shape index (κ3) is 3.03. The lowest BCUT2D eigenvalue weighted by Crippen LogP contribution is -2.65. The van der Waals surface area contributed by atoms with Crippen LogP contribution in [-0.2, 0) is 0 Å². The Hall–Kier alpha value is -0.0800. The number of nitrogens with one attached hydrogen (secondary N) is 1. The zero-order valence-electron chi connectivity index (χ0n) is 14.1. The fourth-order valence-electron chi connectivity index (χ4n) is 6.17. The van der Waals surface area contributed by atoms with E-state index in [1.54, 1.807) is 0 Å². The molecule has 1 atom stereocenters. The van der Waals surface area contributed by atoms with E-state index in [0.717, 1.165) is 36.5 Å². The van der Waals surface area contributed by atoms with Gasteiger partial charge in [-0.2, -0.15) is 0 Å². The molecule has 4 rings (SSSR count). The van der Waals surface area contributed by atoms with E-state index >= 15 is 0 Å². The van der Waals surface area contributed by atoms with Gasteiger partial charge in [0, 0.05) is 5.54 Å². The van der Waals surface area contributed by atoms with E-state index in [0.29, 0.717) is 0 Å². The molecule has 21 heavy (non-hydrogen) atoms. The second-order valence-corrected chi connectivity index (χ2v) is 8.30. The normalized spacial score (nSPS) is 42.4. The zero-order valence-corrected chi connectivity index (χ0v) is 14.1. The average Bonchev–Trinajstić information content (AvgIpc) is 2.47. The topological polar surface area (TPSA) is 32.3 Å². The van der Waals surface area contributed by atoms with Crippen LogP contribution in [0.2, 0.25) is 0 Å². The summed E-state index contributed by atoms with van der Waals surface area (Å²) in [5.74, 6) is 3.69. The average molecular weight is 293 g/mol. The summed E-state index contributed by atoms with van der Waals surface area (Å²) < 4.78 is 0. The molecule has 0 aromatic rings. The first-order chi connectivity index (χ1) is 10.2. The van der Waals surface area contributed by atoms with Gasteiger partial charge in [0.25, 0.3) is 0 Å². The minimum absolute atomic E-state index is 0.0909. The molecule has 0 amide bonds. The van der Waals surface area contributed by atoms with Gasteiger partial charge in [-0.3, -0.25) is 0 Å². The molecule has 122 valence electrons. The summed E-state index contributed by atoms with van der Waals surface area (Å²) in [4.78, 5) is 0. The van der Waals surface area contributed by atoms with Gasteiger partial charge in [-0.05, 0) is 75.7 Å². The van der Waals surface area contributed by atoms with Gasteiger partial charge in [-0.1, -0.05) is 32.6 Å². The zero-order chi connectivity index (χ0) is 14.9. The van der Waals surface area contributed by atoms with Crippen molar-refractivity contribution >= 4 is 0 Å². The molecule has 0 saturated heterocycles. The van der Waals surface area contributed by atoms with E-state index in [1.165, 1.54) is 57.8 Å². The summed E-state index contributed by atoms with van der Waals surface area (Å²) in [7, 11) is 2.16. The standard InChI is InChI=1S/C19H35NO/c1-3-4-5-6-7-18(21)13-19(20-2)16-9-14-8-15(11-16)12-17(19)10-14/h14-18,20-21H,3-13H2,1-2H3. The minimum Gasteiger partial charge on any atom is -0.393 e. The molecule has 0 aliphatic heterocycles. The van der Waals surface area contributed by atoms with Crippen molar-refractivity contribution in [2.24, 2.45) is 23.7 Å². The fourth-order valence-corrected chi connectivity index (χ4v) is 6.17. The van der Waals surface area contributed by atoms with E-state index < -0.39 is 0 Å². The molecule has 0 spiro atoms. The molecular formula is C19H35NO. The summed E-state index contributed by atoms with van der Waals surface area (Å²) in [6.45, 7) is 2.25. The Morgan fingerprint density at radius 3 is 2.14 bits per heavy atom. The molecule has 4 bridgehead atoms. The summed E-state index contributed by atoms with van der Waals surface area (Å²) in [5, 5.41) is 14.3. The summed E-state index contributed by atoms with van der Waals surface area (Å²) in [6, 6.07) is 0. The van der Waals surface area contributed by atoms with Crippen molar-refractivity contribution in [2.45, 2.75) is 89.2 Å². The Labute approximate surface area is 131 Å². The molecule has 2 N–H and O–H groups in total. The third-order valence-electron chi connectivity index (χ3n) is 7.02. The lowest BCUT2D eigenvalue weighted by atomic mass is 9.47. The van der Waals surface area contributed by atoms with Crippen LogP contribution in [0, 0.1) is 23.7 Å². The predicted octanol–water partition coefficient (Wildman–Crippen LogP) is 4.12. The van der Waals surface area contributed by atoms with Crippen LogP contribution in [-0.4, -0.2) is 23.8 Å². The molecule has 0 aromatic carbocycles. The van der Waals surface area contributed by atoms with Crippen LogP contribution in [0.4, 0.5) is 0 Å². The second-order valence-electron chi connectivity index (χ2n) is 8.30. The number of hydrogen-bond acceptors (Lipinski definition) is 2. The van der Waals surface area contributed by atoms with Crippen LogP contribution in [0.5, 0.6) is 0 Å². The molecule has 4 aliphatic rings. The van der Waals surface area contributed by atoms with E-state index in [2.05, 4.69) is 19.3 Å². The van der Waals surface area contributed by atoms with Crippen LogP contribution in [0.1, 0.15) is 77.6 Å². The second kappa shape index (κ2) is 6.58. The Morgan fingerprint density at radius 2 is 1.62 bits per heavy atom. The van der Waals surface area contributed by atoms with Crippen molar-refractivity contribution in [3.8, 4) is 0 Å². The highest BCUT2D eigenvalue weighted by atomic mass is 16.3. The summed E-state index contributed by atoms with van der Waals surface area (Å²) in [5.41, 5.74) is 0.262. The largest absolute Gasteiger partial charge is 0.393 e. The fraction of sp³-hybridized carbons (Fsp3) is 1.00. The number of aliphatic hydroxyl groups excluding tert-OH is 1. The first-order valence-electron chi connectivity index (χ1n) is 9.55. The van der Waals surface area contributed by atoms with Gasteiger partial charge in [-0.15, -0.1) is 0 Å². The third-order valence-corrected chi connectivity index (χ3v) is 7.02. The van der Waals surface area contributed by atoms with Gasteiger partial charge in [0.2, 0.25) is 0 Å². The number of unbranched alkanes of at least 4 members (excludes halogenated alkanes) is 3. The lowest BCUT2D eigenvalue weighted by Gasteiger charge is -2.62. The van der Waals surface area contributed by atoms with Gasteiger partial charge in [0.1, 0.15) is 0 Å². The first-order valence-corrected chi connectivity index (χ1v) is 9.55. The van der Waals surface area contributed by atoms with Crippen LogP contribution < -0.4 is 5.32 Å². The maximum absolute atomic E-state index is 10.6. The monoisotopic (exact) mass is 293 g/mol. The lowest BCUT2D eigenvalue weighted by molar-refractivity contribution is -0.0894. The Bertz CT molecular complexity index is 312. The van der Waals surface area contributed by atoms with Gasteiger partial charge in [-0.25, -0.2) is 0 Å². The van der Waals surface area contributed by atoms with Crippen molar-refractivity contribution in [2.75, 3.05) is 7.05 Å². The predicted molar refractivity (Wildman–Crippen MR) is 88.2 cm³/mol. The molecule has 4 saturated carbocycles. The van der Waals surface area contributed by atoms with Crippen LogP contribution in [0.25, 0.3) is 0 Å². The van der Waals surface area contributed by atoms with E-state index in [9.17, 15) is 5.11 Å². The smallest absolute Gasteiger partial charge is 0.0558 e. The SMILES string of the molecule is CCCCCCC(O)CC1(NC)C2CC3CC(C2)CC1C3. The maximum Gasteiger partial charge on any atom is 0.0558 e. The van der Waals surface area contributed by atoms with Crippen molar-refractivity contribution in [3.05, 3.63) is 0 Å². The minimum atomic E-state index is -0.0909. The highest BCUT2D eigenvalue weighted by molar-refractivity contribution is 5.11. The Balaban J connectivity index is 1.59. The molecule has 1 unspecified atom stereocenters. The molecular weight excluding hydrogens is 258 g/mol. The van der Waals surface area contributed by atoms with Crippen LogP contribution >= 0.6 is 0 Å². The molecule has 4 aliphatic carbocycles. The first kappa shape index (κ1) is 15.8. The molecule has 2 heteroatoms. The maximum atomic E-state index is 10.6. The number of rotatable bonds is 8. The van der Waals surface area contributed by atoms with Gasteiger partial charge >= 0.3 is 0 Å². The quantitative estimate of drug-likeness (QED) is 0.660. The van der Waals surface area contributed by atoms with E-state index in [1.807, 2.05) is 0 Å². The number of aliphatic hydroxyl groups is 1. The van der Waals surface area contributed by atoms with Crippen molar-refractivity contribution < 1.29 is 5.11 Å².